The lowest BCUT2D eigenvalue weighted by molar-refractivity contribution is 0.0933. The molecule has 8 heteroatoms. The molecule has 0 saturated heterocycles. The summed E-state index contributed by atoms with van der Waals surface area (Å²) in [5.74, 6) is 1.78. The number of aromatic nitrogens is 5. The van der Waals surface area contributed by atoms with Crippen LogP contribution >= 0.6 is 0 Å². The van der Waals surface area contributed by atoms with Crippen molar-refractivity contribution in [3.05, 3.63) is 48.0 Å². The topological polar surface area (TPSA) is 80.9 Å². The van der Waals surface area contributed by atoms with E-state index >= 15 is 0 Å². The molecular formula is C20H25N7O. The molecule has 0 bridgehead atoms. The third-order valence-electron chi connectivity index (χ3n) is 5.17. The van der Waals surface area contributed by atoms with E-state index in [1.165, 1.54) is 0 Å². The van der Waals surface area contributed by atoms with Crippen LogP contribution in [0.5, 0.6) is 0 Å². The number of carbonyl (C=O) groups excluding carboxylic acids is 1. The van der Waals surface area contributed by atoms with Crippen molar-refractivity contribution < 1.29 is 4.79 Å². The third-order valence-corrected chi connectivity index (χ3v) is 5.17. The highest BCUT2D eigenvalue weighted by molar-refractivity contribution is 5.95. The number of benzene rings is 1. The zero-order valence-electron chi connectivity index (χ0n) is 16.5. The van der Waals surface area contributed by atoms with Gasteiger partial charge >= 0.3 is 0 Å². The first-order valence-corrected chi connectivity index (χ1v) is 9.50. The number of carbonyl (C=O) groups is 1. The first kappa shape index (κ1) is 18.2. The zero-order chi connectivity index (χ0) is 19.7. The van der Waals surface area contributed by atoms with E-state index in [1.807, 2.05) is 56.5 Å². The van der Waals surface area contributed by atoms with Gasteiger partial charge in [-0.05, 0) is 31.0 Å². The van der Waals surface area contributed by atoms with Gasteiger partial charge in [-0.3, -0.25) is 9.48 Å². The van der Waals surface area contributed by atoms with Crippen molar-refractivity contribution in [3.8, 4) is 11.4 Å². The van der Waals surface area contributed by atoms with Crippen molar-refractivity contribution in [1.82, 2.24) is 29.9 Å². The lowest BCUT2D eigenvalue weighted by Gasteiger charge is -2.18. The van der Waals surface area contributed by atoms with Crippen molar-refractivity contribution in [2.45, 2.75) is 31.8 Å². The van der Waals surface area contributed by atoms with Gasteiger partial charge in [0.25, 0.3) is 5.91 Å². The second kappa shape index (κ2) is 7.46. The fraction of sp³-hybridized carbons (Fsp3) is 0.400. The predicted molar refractivity (Wildman–Crippen MR) is 107 cm³/mol. The van der Waals surface area contributed by atoms with Crippen molar-refractivity contribution in [2.75, 3.05) is 19.0 Å². The zero-order valence-corrected chi connectivity index (χ0v) is 16.5. The Bertz CT molecular complexity index is 988. The molecule has 1 aliphatic heterocycles. The third kappa shape index (κ3) is 3.62. The second-order valence-corrected chi connectivity index (χ2v) is 7.44. The van der Waals surface area contributed by atoms with Gasteiger partial charge in [-0.1, -0.05) is 6.07 Å². The van der Waals surface area contributed by atoms with Gasteiger partial charge in [-0.15, -0.1) is 10.2 Å². The molecule has 3 heterocycles. The number of aryl methyl sites for hydroxylation is 2. The number of rotatable bonds is 4. The largest absolute Gasteiger partial charge is 0.378 e. The van der Waals surface area contributed by atoms with E-state index in [0.29, 0.717) is 5.56 Å². The summed E-state index contributed by atoms with van der Waals surface area (Å²) in [6.07, 6.45) is 6.23. The summed E-state index contributed by atoms with van der Waals surface area (Å²) in [5.41, 5.74) is 2.66. The first-order valence-electron chi connectivity index (χ1n) is 9.50. The summed E-state index contributed by atoms with van der Waals surface area (Å²) in [7, 11) is 5.83. The van der Waals surface area contributed by atoms with E-state index in [9.17, 15) is 4.79 Å². The summed E-state index contributed by atoms with van der Waals surface area (Å²) < 4.78 is 3.91. The molecule has 4 rings (SSSR count). The van der Waals surface area contributed by atoms with Crippen LogP contribution < -0.4 is 10.2 Å². The van der Waals surface area contributed by atoms with E-state index in [1.54, 1.807) is 10.9 Å². The lowest BCUT2D eigenvalue weighted by atomic mass is 10.1. The van der Waals surface area contributed by atoms with Crippen LogP contribution in [0.25, 0.3) is 11.4 Å². The molecule has 3 aromatic rings. The van der Waals surface area contributed by atoms with Gasteiger partial charge in [0.2, 0.25) is 0 Å². The average molecular weight is 379 g/mol. The summed E-state index contributed by atoms with van der Waals surface area (Å²) in [4.78, 5) is 14.7. The molecule has 1 aromatic carbocycles. The van der Waals surface area contributed by atoms with Crippen molar-refractivity contribution in [2.24, 2.45) is 7.05 Å². The molecule has 146 valence electrons. The van der Waals surface area contributed by atoms with Gasteiger partial charge < -0.3 is 14.8 Å². The fourth-order valence-corrected chi connectivity index (χ4v) is 3.58. The lowest BCUT2D eigenvalue weighted by Crippen LogP contribution is -2.35. The number of hydrogen-bond donors (Lipinski definition) is 1. The Labute approximate surface area is 164 Å². The van der Waals surface area contributed by atoms with Crippen molar-refractivity contribution >= 4 is 11.6 Å². The standard InChI is InChI=1S/C20H25N7O/c1-25(2)17-6-4-5-14(11-17)20(28)22-16-7-8-18-23-24-19(27(18)10-9-16)15-12-21-26(3)13-15/h4-6,11-13,16H,7-10H2,1-3H3,(H,22,28). The quantitative estimate of drug-likeness (QED) is 0.749. The Hall–Kier alpha value is -3.16. The predicted octanol–water partition coefficient (Wildman–Crippen LogP) is 1.88. The van der Waals surface area contributed by atoms with Crippen LogP contribution in [0, 0.1) is 0 Å². The van der Waals surface area contributed by atoms with Crippen LogP contribution in [0.15, 0.2) is 36.7 Å². The summed E-state index contributed by atoms with van der Waals surface area (Å²) >= 11 is 0. The molecular weight excluding hydrogens is 354 g/mol. The maximum atomic E-state index is 12.7. The maximum Gasteiger partial charge on any atom is 0.251 e. The van der Waals surface area contributed by atoms with Crippen LogP contribution in [0.4, 0.5) is 5.69 Å². The molecule has 0 fully saturated rings. The van der Waals surface area contributed by atoms with Crippen molar-refractivity contribution in [3.63, 3.8) is 0 Å². The van der Waals surface area contributed by atoms with E-state index in [2.05, 4.69) is 25.2 Å². The first-order chi connectivity index (χ1) is 13.5. The van der Waals surface area contributed by atoms with Crippen LogP contribution in [-0.4, -0.2) is 50.6 Å². The minimum atomic E-state index is -0.0288. The Balaban J connectivity index is 1.45. The number of hydrogen-bond acceptors (Lipinski definition) is 5. The Morgan fingerprint density at radius 2 is 2.11 bits per heavy atom. The van der Waals surface area contributed by atoms with Crippen LogP contribution in [0.1, 0.15) is 29.0 Å². The van der Waals surface area contributed by atoms with Gasteiger partial charge in [-0.25, -0.2) is 0 Å². The van der Waals surface area contributed by atoms with E-state index in [0.717, 1.165) is 48.7 Å². The van der Waals surface area contributed by atoms with Gasteiger partial charge in [0.15, 0.2) is 5.82 Å². The van der Waals surface area contributed by atoms with E-state index in [4.69, 9.17) is 0 Å². The summed E-state index contributed by atoms with van der Waals surface area (Å²) in [6.45, 7) is 0.773. The number of nitrogens with one attached hydrogen (secondary N) is 1. The monoisotopic (exact) mass is 379 g/mol. The summed E-state index contributed by atoms with van der Waals surface area (Å²) in [5, 5.41) is 16.1. The number of nitrogens with zero attached hydrogens (tertiary/aromatic N) is 6. The number of anilines is 1. The van der Waals surface area contributed by atoms with Crippen LogP contribution in [-0.2, 0) is 20.0 Å². The molecule has 0 aliphatic carbocycles. The SMILES string of the molecule is CN(C)c1cccc(C(=O)NC2CCc3nnc(-c4cnn(C)c4)n3CC2)c1. The normalized spacial score (nSPS) is 16.3. The highest BCUT2D eigenvalue weighted by Crippen LogP contribution is 2.22. The molecule has 2 aromatic heterocycles. The molecule has 0 radical (unpaired) electrons. The smallest absolute Gasteiger partial charge is 0.251 e. The molecule has 1 unspecified atom stereocenters. The van der Waals surface area contributed by atoms with E-state index < -0.39 is 0 Å². The van der Waals surface area contributed by atoms with Gasteiger partial charge in [0, 0.05) is 57.6 Å². The van der Waals surface area contributed by atoms with Crippen LogP contribution in [0.3, 0.4) is 0 Å². The molecule has 1 aliphatic rings. The Morgan fingerprint density at radius 1 is 1.25 bits per heavy atom. The fourth-order valence-electron chi connectivity index (χ4n) is 3.58. The Morgan fingerprint density at radius 3 is 2.86 bits per heavy atom. The molecule has 1 N–H and O–H groups in total. The Kier molecular flexibility index (Phi) is 4.85. The van der Waals surface area contributed by atoms with Gasteiger partial charge in [0.1, 0.15) is 5.82 Å². The highest BCUT2D eigenvalue weighted by atomic mass is 16.1. The van der Waals surface area contributed by atoms with Gasteiger partial charge in [0.05, 0.1) is 11.8 Å². The molecule has 0 saturated carbocycles. The highest BCUT2D eigenvalue weighted by Gasteiger charge is 2.23. The minimum Gasteiger partial charge on any atom is -0.378 e. The minimum absolute atomic E-state index is 0.0288. The van der Waals surface area contributed by atoms with E-state index in [-0.39, 0.29) is 11.9 Å². The van der Waals surface area contributed by atoms with Gasteiger partial charge in [-0.2, -0.15) is 5.10 Å². The summed E-state index contributed by atoms with van der Waals surface area (Å²) in [6, 6.07) is 7.79. The second-order valence-electron chi connectivity index (χ2n) is 7.44. The number of fused-ring (bicyclic) bond motifs is 1. The molecule has 0 spiro atoms. The molecule has 28 heavy (non-hydrogen) atoms. The van der Waals surface area contributed by atoms with Crippen LogP contribution in [0.2, 0.25) is 0 Å². The molecule has 8 nitrogen and oxygen atoms in total. The average Bonchev–Trinajstić information content (AvgIpc) is 3.24. The maximum absolute atomic E-state index is 12.7. The van der Waals surface area contributed by atoms with Crippen molar-refractivity contribution in [1.29, 1.82) is 0 Å². The molecule has 1 atom stereocenters. The number of amides is 1. The molecule has 1 amide bonds.